The molecule has 0 saturated carbocycles. The number of hydrogen-bond acceptors (Lipinski definition) is 4. The smallest absolute Gasteiger partial charge is 0.160 e. The number of thiophene rings is 1. The summed E-state index contributed by atoms with van der Waals surface area (Å²) in [7, 11) is 0. The van der Waals surface area contributed by atoms with Gasteiger partial charge in [0.05, 0.1) is 27.3 Å². The van der Waals surface area contributed by atoms with Crippen LogP contribution in [0.4, 0.5) is 0 Å². The first kappa shape index (κ1) is 27.3. The minimum atomic E-state index is 0.715. The lowest BCUT2D eigenvalue weighted by Gasteiger charge is -2.13. The second-order valence-electron chi connectivity index (χ2n) is 11.6. The first-order valence-electron chi connectivity index (χ1n) is 15.7. The summed E-state index contributed by atoms with van der Waals surface area (Å²) in [5.41, 5.74) is 10.4. The van der Waals surface area contributed by atoms with Gasteiger partial charge in [-0.3, -0.25) is 0 Å². The number of aromatic nitrogens is 3. The molecule has 6 aromatic carbocycles. The van der Waals surface area contributed by atoms with Gasteiger partial charge in [0.1, 0.15) is 0 Å². The van der Waals surface area contributed by atoms with E-state index >= 15 is 0 Å². The highest BCUT2D eigenvalue weighted by Crippen LogP contribution is 2.45. The van der Waals surface area contributed by atoms with Crippen molar-refractivity contribution in [2.45, 2.75) is 0 Å². The Morgan fingerprint density at radius 2 is 0.979 bits per heavy atom. The van der Waals surface area contributed by atoms with Crippen LogP contribution in [0.1, 0.15) is 0 Å². The summed E-state index contributed by atoms with van der Waals surface area (Å²) in [6, 6.07) is 57.1. The second kappa shape index (κ2) is 11.4. The Bertz CT molecular complexity index is 2480. The third kappa shape index (κ3) is 4.87. The molecule has 0 bridgehead atoms. The van der Waals surface area contributed by atoms with Gasteiger partial charge in [-0.05, 0) is 29.3 Å². The van der Waals surface area contributed by atoms with Crippen LogP contribution in [-0.4, -0.2) is 15.0 Å². The lowest BCUT2D eigenvalue weighted by atomic mass is 9.95. The fourth-order valence-electron chi connectivity index (χ4n) is 6.45. The standard InChI is InChI=1S/C43H27N3S/c1-4-13-29(14-5-1)36-27-37(46-43(45-36)32-17-8-3-9-18-32)30-25-23-28(24-26-30)33-20-12-21-35-39(33)40-34-19-10-11-22-38(34)47-42(40)41(44-35)31-15-6-2-7-16-31/h1-27H. The molecule has 9 aromatic rings. The van der Waals surface area contributed by atoms with Gasteiger partial charge in [0.15, 0.2) is 5.82 Å². The number of pyridine rings is 1. The van der Waals surface area contributed by atoms with E-state index in [0.29, 0.717) is 5.82 Å². The van der Waals surface area contributed by atoms with E-state index in [1.165, 1.54) is 31.1 Å². The van der Waals surface area contributed by atoms with Crippen molar-refractivity contribution in [2.24, 2.45) is 0 Å². The summed E-state index contributed by atoms with van der Waals surface area (Å²) in [4.78, 5) is 15.3. The molecule has 4 heteroatoms. The first-order chi connectivity index (χ1) is 23.3. The molecular weight excluding hydrogens is 591 g/mol. The highest BCUT2D eigenvalue weighted by Gasteiger charge is 2.19. The molecule has 0 atom stereocenters. The zero-order chi connectivity index (χ0) is 31.2. The summed E-state index contributed by atoms with van der Waals surface area (Å²) in [6.45, 7) is 0. The van der Waals surface area contributed by atoms with Gasteiger partial charge < -0.3 is 0 Å². The van der Waals surface area contributed by atoms with Gasteiger partial charge in [-0.1, -0.05) is 146 Å². The van der Waals surface area contributed by atoms with Gasteiger partial charge in [-0.2, -0.15) is 0 Å². The Morgan fingerprint density at radius 1 is 0.404 bits per heavy atom. The van der Waals surface area contributed by atoms with E-state index in [9.17, 15) is 0 Å². The number of benzene rings is 6. The number of rotatable bonds is 5. The van der Waals surface area contributed by atoms with E-state index in [2.05, 4.69) is 127 Å². The van der Waals surface area contributed by atoms with E-state index in [4.69, 9.17) is 15.0 Å². The molecule has 47 heavy (non-hydrogen) atoms. The lowest BCUT2D eigenvalue weighted by molar-refractivity contribution is 1.18. The van der Waals surface area contributed by atoms with E-state index in [1.807, 2.05) is 47.7 Å². The maximum atomic E-state index is 5.29. The summed E-state index contributed by atoms with van der Waals surface area (Å²) in [5.74, 6) is 0.715. The molecule has 9 rings (SSSR count). The quantitative estimate of drug-likeness (QED) is 0.193. The Labute approximate surface area is 276 Å². The molecule has 0 aliphatic rings. The molecule has 0 amide bonds. The summed E-state index contributed by atoms with van der Waals surface area (Å²) >= 11 is 1.82. The van der Waals surface area contributed by atoms with Gasteiger partial charge in [-0.25, -0.2) is 15.0 Å². The predicted molar refractivity (Wildman–Crippen MR) is 197 cm³/mol. The van der Waals surface area contributed by atoms with Crippen molar-refractivity contribution in [1.82, 2.24) is 15.0 Å². The summed E-state index contributed by atoms with van der Waals surface area (Å²) in [6.07, 6.45) is 0. The highest BCUT2D eigenvalue weighted by molar-refractivity contribution is 7.26. The molecule has 0 aliphatic carbocycles. The third-order valence-corrected chi connectivity index (χ3v) is 9.88. The molecule has 220 valence electrons. The SMILES string of the molecule is c1ccc(-c2cc(-c3ccc(-c4cccc5nc(-c6ccccc6)c6sc7ccccc7c6c45)cc3)nc(-c3ccccc3)n2)cc1. The van der Waals surface area contributed by atoms with Crippen LogP contribution in [0.5, 0.6) is 0 Å². The van der Waals surface area contributed by atoms with E-state index < -0.39 is 0 Å². The van der Waals surface area contributed by atoms with Crippen LogP contribution in [-0.2, 0) is 0 Å². The fourth-order valence-corrected chi connectivity index (χ4v) is 7.67. The van der Waals surface area contributed by atoms with Crippen molar-refractivity contribution in [3.63, 3.8) is 0 Å². The lowest BCUT2D eigenvalue weighted by Crippen LogP contribution is -1.96. The fraction of sp³-hybridized carbons (Fsp3) is 0. The van der Waals surface area contributed by atoms with Gasteiger partial charge in [0, 0.05) is 43.1 Å². The Balaban J connectivity index is 1.21. The first-order valence-corrected chi connectivity index (χ1v) is 16.5. The van der Waals surface area contributed by atoms with Crippen molar-refractivity contribution < 1.29 is 0 Å². The molecule has 0 unspecified atom stereocenters. The van der Waals surface area contributed by atoms with Crippen LogP contribution in [0.3, 0.4) is 0 Å². The average Bonchev–Trinajstić information content (AvgIpc) is 3.55. The van der Waals surface area contributed by atoms with Crippen molar-refractivity contribution in [1.29, 1.82) is 0 Å². The molecule has 3 aromatic heterocycles. The van der Waals surface area contributed by atoms with Crippen LogP contribution >= 0.6 is 11.3 Å². The predicted octanol–water partition coefficient (Wildman–Crippen LogP) is 11.7. The van der Waals surface area contributed by atoms with Crippen LogP contribution in [0.25, 0.3) is 87.4 Å². The third-order valence-electron chi connectivity index (χ3n) is 8.70. The second-order valence-corrected chi connectivity index (χ2v) is 12.7. The van der Waals surface area contributed by atoms with E-state index in [1.54, 1.807) is 0 Å². The van der Waals surface area contributed by atoms with Gasteiger partial charge in [0.2, 0.25) is 0 Å². The maximum absolute atomic E-state index is 5.29. The molecule has 3 heterocycles. The molecule has 0 aliphatic heterocycles. The normalized spacial score (nSPS) is 11.4. The van der Waals surface area contributed by atoms with Gasteiger partial charge in [-0.15, -0.1) is 11.3 Å². The van der Waals surface area contributed by atoms with Crippen LogP contribution in [0.15, 0.2) is 164 Å². The van der Waals surface area contributed by atoms with E-state index in [0.717, 1.165) is 50.4 Å². The molecular formula is C43H27N3S. The minimum absolute atomic E-state index is 0.715. The monoisotopic (exact) mass is 617 g/mol. The zero-order valence-electron chi connectivity index (χ0n) is 25.3. The van der Waals surface area contributed by atoms with Crippen molar-refractivity contribution >= 4 is 42.4 Å². The molecule has 0 saturated heterocycles. The molecule has 3 nitrogen and oxygen atoms in total. The Kier molecular flexibility index (Phi) is 6.65. The Morgan fingerprint density at radius 3 is 1.68 bits per heavy atom. The highest BCUT2D eigenvalue weighted by atomic mass is 32.1. The maximum Gasteiger partial charge on any atom is 0.160 e. The molecule has 0 fully saturated rings. The van der Waals surface area contributed by atoms with Gasteiger partial charge >= 0.3 is 0 Å². The molecule has 0 N–H and O–H groups in total. The van der Waals surface area contributed by atoms with Crippen LogP contribution < -0.4 is 0 Å². The van der Waals surface area contributed by atoms with Crippen LogP contribution in [0.2, 0.25) is 0 Å². The molecule has 0 radical (unpaired) electrons. The van der Waals surface area contributed by atoms with Gasteiger partial charge in [0.25, 0.3) is 0 Å². The van der Waals surface area contributed by atoms with Crippen molar-refractivity contribution in [3.8, 4) is 56.3 Å². The largest absolute Gasteiger partial charge is 0.246 e. The summed E-state index contributed by atoms with van der Waals surface area (Å²) < 4.78 is 2.49. The van der Waals surface area contributed by atoms with Crippen molar-refractivity contribution in [3.05, 3.63) is 164 Å². The number of fused-ring (bicyclic) bond motifs is 5. The van der Waals surface area contributed by atoms with E-state index in [-0.39, 0.29) is 0 Å². The van der Waals surface area contributed by atoms with Crippen molar-refractivity contribution in [2.75, 3.05) is 0 Å². The average molecular weight is 618 g/mol. The Hall–Kier alpha value is -5.97. The number of nitrogens with zero attached hydrogens (tertiary/aromatic N) is 3. The topological polar surface area (TPSA) is 38.7 Å². The number of hydrogen-bond donors (Lipinski definition) is 0. The zero-order valence-corrected chi connectivity index (χ0v) is 26.2. The summed E-state index contributed by atoms with van der Waals surface area (Å²) in [5, 5.41) is 3.72. The van der Waals surface area contributed by atoms with Crippen LogP contribution in [0, 0.1) is 0 Å². The minimum Gasteiger partial charge on any atom is -0.246 e. The molecule has 0 spiro atoms.